The molecule has 0 aliphatic heterocycles. The highest BCUT2D eigenvalue weighted by molar-refractivity contribution is 7.89. The number of halogens is 3. The van der Waals surface area contributed by atoms with Gasteiger partial charge in [0.15, 0.2) is 0 Å². The molecule has 1 aromatic rings. The molecule has 7 heteroatoms. The second kappa shape index (κ2) is 6.84. The largest absolute Gasteiger partial charge is 0.240 e. The molecule has 1 atom stereocenters. The number of alkyl halides is 1. The first-order chi connectivity index (χ1) is 9.06. The van der Waals surface area contributed by atoms with Gasteiger partial charge in [-0.2, -0.15) is 0 Å². The first-order valence-electron chi connectivity index (χ1n) is 6.10. The van der Waals surface area contributed by atoms with Crippen LogP contribution in [0.3, 0.4) is 0 Å². The van der Waals surface area contributed by atoms with E-state index in [1.807, 2.05) is 20.8 Å². The third-order valence-electron chi connectivity index (χ3n) is 2.89. The zero-order valence-electron chi connectivity index (χ0n) is 11.6. The Morgan fingerprint density at radius 3 is 2.05 bits per heavy atom. The van der Waals surface area contributed by atoms with E-state index in [2.05, 4.69) is 4.72 Å². The summed E-state index contributed by atoms with van der Waals surface area (Å²) in [6.07, 6.45) is 0.540. The Labute approximate surface area is 135 Å². The van der Waals surface area contributed by atoms with Crippen molar-refractivity contribution in [1.82, 2.24) is 4.72 Å². The Hall–Kier alpha value is -0.000000000000000111. The summed E-state index contributed by atoms with van der Waals surface area (Å²) in [5, 5.41) is 0.560. The Morgan fingerprint density at radius 2 is 1.65 bits per heavy atom. The predicted molar refractivity (Wildman–Crippen MR) is 85.4 cm³/mol. The van der Waals surface area contributed by atoms with Gasteiger partial charge in [0.1, 0.15) is 0 Å². The van der Waals surface area contributed by atoms with Crippen LogP contribution in [0.15, 0.2) is 23.1 Å². The van der Waals surface area contributed by atoms with Crippen molar-refractivity contribution in [2.75, 3.05) is 5.88 Å². The highest BCUT2D eigenvalue weighted by Crippen LogP contribution is 2.26. The molecule has 0 amide bonds. The van der Waals surface area contributed by atoms with Crippen molar-refractivity contribution in [3.8, 4) is 0 Å². The first-order valence-corrected chi connectivity index (χ1v) is 8.88. The zero-order valence-corrected chi connectivity index (χ0v) is 14.7. The standard InChI is InChI=1S/C13H18Cl3NO2S/c1-13(2,3)12(4-5-14)17-20(18,19)11-7-9(15)6-10(16)8-11/h6-8,12,17H,4-5H2,1-3H3. The van der Waals surface area contributed by atoms with E-state index < -0.39 is 10.0 Å². The molecular weight excluding hydrogens is 341 g/mol. The molecule has 1 rings (SSSR count). The third kappa shape index (κ3) is 5.08. The first kappa shape index (κ1) is 18.1. The van der Waals surface area contributed by atoms with Crippen LogP contribution in [0.1, 0.15) is 27.2 Å². The van der Waals surface area contributed by atoms with Crippen molar-refractivity contribution in [2.45, 2.75) is 38.1 Å². The van der Waals surface area contributed by atoms with Crippen molar-refractivity contribution < 1.29 is 8.42 Å². The molecule has 0 bridgehead atoms. The van der Waals surface area contributed by atoms with Gasteiger partial charge >= 0.3 is 0 Å². The molecule has 1 unspecified atom stereocenters. The maximum atomic E-state index is 12.4. The highest BCUT2D eigenvalue weighted by Gasteiger charge is 2.29. The zero-order chi connectivity index (χ0) is 15.6. The maximum Gasteiger partial charge on any atom is 0.240 e. The topological polar surface area (TPSA) is 46.2 Å². The molecule has 0 heterocycles. The van der Waals surface area contributed by atoms with Gasteiger partial charge in [-0.05, 0) is 30.0 Å². The molecule has 0 aliphatic rings. The number of hydrogen-bond acceptors (Lipinski definition) is 2. The molecule has 114 valence electrons. The minimum atomic E-state index is -3.69. The molecule has 0 saturated heterocycles. The fourth-order valence-corrected chi connectivity index (χ4v) is 4.14. The van der Waals surface area contributed by atoms with E-state index in [0.717, 1.165) is 0 Å². The van der Waals surface area contributed by atoms with Crippen molar-refractivity contribution in [3.05, 3.63) is 28.2 Å². The van der Waals surface area contributed by atoms with Gasteiger partial charge in [0.05, 0.1) is 4.90 Å². The summed E-state index contributed by atoms with van der Waals surface area (Å²) in [4.78, 5) is 0.0545. The summed E-state index contributed by atoms with van der Waals surface area (Å²) in [6.45, 7) is 5.87. The van der Waals surface area contributed by atoms with Crippen LogP contribution in [0.25, 0.3) is 0 Å². The van der Waals surface area contributed by atoms with E-state index in [1.165, 1.54) is 18.2 Å². The quantitative estimate of drug-likeness (QED) is 0.797. The summed E-state index contributed by atoms with van der Waals surface area (Å²) in [5.74, 6) is 0.376. The monoisotopic (exact) mass is 357 g/mol. The van der Waals surface area contributed by atoms with Gasteiger partial charge < -0.3 is 0 Å². The van der Waals surface area contributed by atoms with Crippen LogP contribution in [0.2, 0.25) is 10.0 Å². The molecule has 20 heavy (non-hydrogen) atoms. The summed E-state index contributed by atoms with van der Waals surface area (Å²) < 4.78 is 27.5. The summed E-state index contributed by atoms with van der Waals surface area (Å²) in [7, 11) is -3.69. The van der Waals surface area contributed by atoms with E-state index in [4.69, 9.17) is 34.8 Å². The second-order valence-electron chi connectivity index (χ2n) is 5.62. The van der Waals surface area contributed by atoms with E-state index >= 15 is 0 Å². The number of nitrogens with one attached hydrogen (secondary N) is 1. The molecule has 0 aromatic heterocycles. The Bertz CT molecular complexity index is 547. The highest BCUT2D eigenvalue weighted by atomic mass is 35.5. The van der Waals surface area contributed by atoms with Crippen LogP contribution in [-0.4, -0.2) is 20.3 Å². The molecule has 0 saturated carbocycles. The van der Waals surface area contributed by atoms with E-state index in [1.54, 1.807) is 0 Å². The molecule has 0 fully saturated rings. The van der Waals surface area contributed by atoms with Crippen LogP contribution in [0, 0.1) is 5.41 Å². The van der Waals surface area contributed by atoms with E-state index in [-0.39, 0.29) is 26.4 Å². The Morgan fingerprint density at radius 1 is 1.15 bits per heavy atom. The van der Waals surface area contributed by atoms with Crippen molar-refractivity contribution >= 4 is 44.8 Å². The lowest BCUT2D eigenvalue weighted by Crippen LogP contribution is -2.43. The van der Waals surface area contributed by atoms with Gasteiger partial charge in [-0.15, -0.1) is 11.6 Å². The van der Waals surface area contributed by atoms with Crippen LogP contribution in [0.4, 0.5) is 0 Å². The van der Waals surface area contributed by atoms with Gasteiger partial charge in [-0.3, -0.25) is 0 Å². The summed E-state index contributed by atoms with van der Waals surface area (Å²) >= 11 is 17.4. The average Bonchev–Trinajstić information content (AvgIpc) is 2.25. The van der Waals surface area contributed by atoms with Gasteiger partial charge in [0.2, 0.25) is 10.0 Å². The fraction of sp³-hybridized carbons (Fsp3) is 0.538. The van der Waals surface area contributed by atoms with Crippen LogP contribution >= 0.6 is 34.8 Å². The molecule has 3 nitrogen and oxygen atoms in total. The van der Waals surface area contributed by atoms with Gasteiger partial charge in [-0.1, -0.05) is 44.0 Å². The molecule has 1 N–H and O–H groups in total. The molecule has 0 aliphatic carbocycles. The maximum absolute atomic E-state index is 12.4. The SMILES string of the molecule is CC(C)(C)C(CCCl)NS(=O)(=O)c1cc(Cl)cc(Cl)c1. The third-order valence-corrected chi connectivity index (χ3v) is 4.99. The normalized spacial score (nSPS) is 14.3. The molecule has 1 aromatic carbocycles. The molecule has 0 radical (unpaired) electrons. The van der Waals surface area contributed by atoms with Gasteiger partial charge in [0, 0.05) is 22.0 Å². The molecule has 0 spiro atoms. The summed E-state index contributed by atoms with van der Waals surface area (Å²) in [5.41, 5.74) is -0.246. The Balaban J connectivity index is 3.09. The second-order valence-corrected chi connectivity index (χ2v) is 8.59. The lowest BCUT2D eigenvalue weighted by Gasteiger charge is -2.30. The number of benzene rings is 1. The average molecular weight is 359 g/mol. The predicted octanol–water partition coefficient (Wildman–Crippen LogP) is 4.32. The van der Waals surface area contributed by atoms with Crippen molar-refractivity contribution in [1.29, 1.82) is 0 Å². The van der Waals surface area contributed by atoms with Gasteiger partial charge in [0.25, 0.3) is 0 Å². The molecular formula is C13H18Cl3NO2S. The van der Waals surface area contributed by atoms with E-state index in [9.17, 15) is 8.42 Å². The van der Waals surface area contributed by atoms with Crippen LogP contribution < -0.4 is 4.72 Å². The summed E-state index contributed by atoms with van der Waals surface area (Å²) in [6, 6.07) is 3.96. The minimum Gasteiger partial charge on any atom is -0.208 e. The number of hydrogen-bond donors (Lipinski definition) is 1. The Kier molecular flexibility index (Phi) is 6.17. The number of rotatable bonds is 5. The smallest absolute Gasteiger partial charge is 0.208 e. The van der Waals surface area contributed by atoms with E-state index in [0.29, 0.717) is 12.3 Å². The van der Waals surface area contributed by atoms with Crippen molar-refractivity contribution in [3.63, 3.8) is 0 Å². The van der Waals surface area contributed by atoms with Crippen LogP contribution in [0.5, 0.6) is 0 Å². The van der Waals surface area contributed by atoms with Gasteiger partial charge in [-0.25, -0.2) is 13.1 Å². The fourth-order valence-electron chi connectivity index (χ4n) is 1.72. The minimum absolute atomic E-state index is 0.0545. The van der Waals surface area contributed by atoms with Crippen LogP contribution in [-0.2, 0) is 10.0 Å². The lowest BCUT2D eigenvalue weighted by atomic mass is 9.86. The lowest BCUT2D eigenvalue weighted by molar-refractivity contribution is 0.292. The van der Waals surface area contributed by atoms with Crippen molar-refractivity contribution in [2.24, 2.45) is 5.41 Å². The number of sulfonamides is 1.